The van der Waals surface area contributed by atoms with Crippen molar-refractivity contribution in [1.29, 1.82) is 0 Å². The van der Waals surface area contributed by atoms with Crippen molar-refractivity contribution in [2.24, 2.45) is 0 Å². The Morgan fingerprint density at radius 3 is 2.94 bits per heavy atom. The van der Waals surface area contributed by atoms with Crippen LogP contribution in [0, 0.1) is 6.92 Å². The maximum Gasteiger partial charge on any atom is 0.229 e. The van der Waals surface area contributed by atoms with Gasteiger partial charge in [0.05, 0.1) is 10.2 Å². The zero-order valence-electron chi connectivity index (χ0n) is 9.24. The summed E-state index contributed by atoms with van der Waals surface area (Å²) >= 11 is 4.95. The number of thiophene rings is 1. The molecule has 0 aromatic carbocycles. The van der Waals surface area contributed by atoms with Crippen LogP contribution in [0.4, 0.5) is 5.69 Å². The highest BCUT2D eigenvalue weighted by atomic mass is 79.9. The molecule has 0 aliphatic heterocycles. The summed E-state index contributed by atoms with van der Waals surface area (Å²) < 4.78 is 1.04. The predicted octanol–water partition coefficient (Wildman–Crippen LogP) is 3.40. The van der Waals surface area contributed by atoms with Crippen molar-refractivity contribution < 1.29 is 4.79 Å². The van der Waals surface area contributed by atoms with Gasteiger partial charge in [0, 0.05) is 22.5 Å². The Bertz CT molecular complexity index is 539. The van der Waals surface area contributed by atoms with Gasteiger partial charge in [-0.15, -0.1) is 11.3 Å². The molecule has 5 heteroatoms. The highest BCUT2D eigenvalue weighted by Gasteiger charge is 2.06. The fourth-order valence-electron chi connectivity index (χ4n) is 1.43. The molecule has 0 aliphatic carbocycles. The number of halogens is 1. The number of hydrogen-bond acceptors (Lipinski definition) is 3. The first kappa shape index (κ1) is 12.3. The van der Waals surface area contributed by atoms with Crippen LogP contribution in [0.3, 0.4) is 0 Å². The lowest BCUT2D eigenvalue weighted by Gasteiger charge is -2.04. The summed E-state index contributed by atoms with van der Waals surface area (Å²) in [5, 5.41) is 2.85. The molecule has 2 heterocycles. The minimum absolute atomic E-state index is 0.00931. The van der Waals surface area contributed by atoms with Gasteiger partial charge in [-0.3, -0.25) is 9.78 Å². The molecule has 0 atom stereocenters. The Balaban J connectivity index is 1.98. The number of pyridine rings is 1. The van der Waals surface area contributed by atoms with Crippen molar-refractivity contribution in [3.8, 4) is 0 Å². The number of nitrogens with zero attached hydrogens (tertiary/aromatic N) is 1. The molecule has 2 aromatic rings. The molecular weight excluding hydrogens is 300 g/mol. The van der Waals surface area contributed by atoms with Gasteiger partial charge < -0.3 is 5.32 Å². The first-order valence-corrected chi connectivity index (χ1v) is 6.71. The highest BCUT2D eigenvalue weighted by molar-refractivity contribution is 9.11. The van der Waals surface area contributed by atoms with E-state index in [1.165, 1.54) is 0 Å². The first-order chi connectivity index (χ1) is 8.13. The molecule has 88 valence electrons. The third-order valence-corrected chi connectivity index (χ3v) is 3.77. The lowest BCUT2D eigenvalue weighted by Crippen LogP contribution is -2.13. The Kier molecular flexibility index (Phi) is 3.91. The lowest BCUT2D eigenvalue weighted by molar-refractivity contribution is -0.115. The van der Waals surface area contributed by atoms with Gasteiger partial charge in [-0.05, 0) is 47.1 Å². The van der Waals surface area contributed by atoms with E-state index >= 15 is 0 Å². The normalized spacial score (nSPS) is 10.2. The summed E-state index contributed by atoms with van der Waals surface area (Å²) in [6.45, 7) is 1.89. The van der Waals surface area contributed by atoms with Crippen molar-refractivity contribution in [1.82, 2.24) is 4.98 Å². The molecule has 1 amide bonds. The van der Waals surface area contributed by atoms with Crippen LogP contribution in [0.5, 0.6) is 0 Å². The molecular formula is C12H11BrN2OS. The maximum atomic E-state index is 11.8. The van der Waals surface area contributed by atoms with Gasteiger partial charge in [-0.25, -0.2) is 0 Å². The summed E-state index contributed by atoms with van der Waals surface area (Å²) in [6, 6.07) is 7.54. The molecule has 2 rings (SSSR count). The van der Waals surface area contributed by atoms with Crippen molar-refractivity contribution >= 4 is 38.9 Å². The Morgan fingerprint density at radius 2 is 2.29 bits per heavy atom. The van der Waals surface area contributed by atoms with Crippen molar-refractivity contribution in [2.45, 2.75) is 13.3 Å². The number of aryl methyl sites for hydroxylation is 1. The number of aromatic nitrogens is 1. The summed E-state index contributed by atoms with van der Waals surface area (Å²) in [5.74, 6) is -0.00931. The third-order valence-electron chi connectivity index (χ3n) is 2.14. The molecule has 3 nitrogen and oxygen atoms in total. The van der Waals surface area contributed by atoms with E-state index < -0.39 is 0 Å². The average Bonchev–Trinajstić information content (AvgIpc) is 2.63. The van der Waals surface area contributed by atoms with E-state index in [1.54, 1.807) is 23.6 Å². The van der Waals surface area contributed by atoms with Crippen LogP contribution in [-0.4, -0.2) is 10.9 Å². The van der Waals surface area contributed by atoms with E-state index in [9.17, 15) is 4.79 Å². The summed E-state index contributed by atoms with van der Waals surface area (Å²) in [5.41, 5.74) is 1.68. The number of hydrogen-bond donors (Lipinski definition) is 1. The summed E-state index contributed by atoms with van der Waals surface area (Å²) in [4.78, 5) is 16.9. The standard InChI is InChI=1S/C12H11BrN2OS/c1-8-6-9(4-5-14-8)15-12(16)7-10-2-3-11(13)17-10/h2-6H,7H2,1H3,(H,14,15,16). The topological polar surface area (TPSA) is 42.0 Å². The van der Waals surface area contributed by atoms with Crippen molar-refractivity contribution in [2.75, 3.05) is 5.32 Å². The number of carbonyl (C=O) groups is 1. The van der Waals surface area contributed by atoms with E-state index in [1.807, 2.05) is 25.1 Å². The minimum Gasteiger partial charge on any atom is -0.326 e. The molecule has 0 fully saturated rings. The Labute approximate surface area is 112 Å². The van der Waals surface area contributed by atoms with Gasteiger partial charge in [-0.1, -0.05) is 0 Å². The van der Waals surface area contributed by atoms with Crippen LogP contribution in [0.2, 0.25) is 0 Å². The van der Waals surface area contributed by atoms with Crippen LogP contribution in [0.25, 0.3) is 0 Å². The Morgan fingerprint density at radius 1 is 1.47 bits per heavy atom. The molecule has 0 aliphatic rings. The molecule has 2 aromatic heterocycles. The van der Waals surface area contributed by atoms with Gasteiger partial charge in [0.2, 0.25) is 5.91 Å². The molecule has 0 unspecified atom stereocenters. The number of carbonyl (C=O) groups excluding carboxylic acids is 1. The highest BCUT2D eigenvalue weighted by Crippen LogP contribution is 2.22. The average molecular weight is 311 g/mol. The number of anilines is 1. The predicted molar refractivity (Wildman–Crippen MR) is 73.3 cm³/mol. The van der Waals surface area contributed by atoms with Crippen LogP contribution in [-0.2, 0) is 11.2 Å². The first-order valence-electron chi connectivity index (χ1n) is 5.10. The number of amides is 1. The van der Waals surface area contributed by atoms with Crippen LogP contribution >= 0.6 is 27.3 Å². The van der Waals surface area contributed by atoms with E-state index in [0.717, 1.165) is 20.0 Å². The third kappa shape index (κ3) is 3.64. The molecule has 0 saturated heterocycles. The summed E-state index contributed by atoms with van der Waals surface area (Å²) in [6.07, 6.45) is 2.09. The fourth-order valence-corrected chi connectivity index (χ4v) is 2.92. The van der Waals surface area contributed by atoms with E-state index in [-0.39, 0.29) is 5.91 Å². The molecule has 0 spiro atoms. The second-order valence-electron chi connectivity index (χ2n) is 3.62. The second-order valence-corrected chi connectivity index (χ2v) is 6.16. The van der Waals surface area contributed by atoms with Gasteiger partial charge >= 0.3 is 0 Å². The molecule has 0 bridgehead atoms. The van der Waals surface area contributed by atoms with Gasteiger partial charge in [0.1, 0.15) is 0 Å². The molecule has 1 N–H and O–H groups in total. The zero-order valence-corrected chi connectivity index (χ0v) is 11.6. The molecule has 17 heavy (non-hydrogen) atoms. The Hall–Kier alpha value is -1.20. The monoisotopic (exact) mass is 310 g/mol. The van der Waals surface area contributed by atoms with Crippen molar-refractivity contribution in [3.05, 3.63) is 44.8 Å². The maximum absolute atomic E-state index is 11.8. The second kappa shape index (κ2) is 5.42. The molecule has 0 radical (unpaired) electrons. The smallest absolute Gasteiger partial charge is 0.229 e. The van der Waals surface area contributed by atoms with Crippen LogP contribution in [0.1, 0.15) is 10.6 Å². The quantitative estimate of drug-likeness (QED) is 0.944. The fraction of sp³-hybridized carbons (Fsp3) is 0.167. The number of rotatable bonds is 3. The summed E-state index contributed by atoms with van der Waals surface area (Å²) in [7, 11) is 0. The van der Waals surface area contributed by atoms with Crippen LogP contribution < -0.4 is 5.32 Å². The minimum atomic E-state index is -0.00931. The van der Waals surface area contributed by atoms with Crippen molar-refractivity contribution in [3.63, 3.8) is 0 Å². The van der Waals surface area contributed by atoms with E-state index in [0.29, 0.717) is 6.42 Å². The largest absolute Gasteiger partial charge is 0.326 e. The van der Waals surface area contributed by atoms with Crippen LogP contribution in [0.15, 0.2) is 34.2 Å². The SMILES string of the molecule is Cc1cc(NC(=O)Cc2ccc(Br)s2)ccn1. The van der Waals surface area contributed by atoms with Gasteiger partial charge in [0.15, 0.2) is 0 Å². The molecule has 0 saturated carbocycles. The zero-order chi connectivity index (χ0) is 12.3. The number of nitrogens with one attached hydrogen (secondary N) is 1. The van der Waals surface area contributed by atoms with Gasteiger partial charge in [-0.2, -0.15) is 0 Å². The van der Waals surface area contributed by atoms with E-state index in [2.05, 4.69) is 26.2 Å². The van der Waals surface area contributed by atoms with Gasteiger partial charge in [0.25, 0.3) is 0 Å². The van der Waals surface area contributed by atoms with E-state index in [4.69, 9.17) is 0 Å². The lowest BCUT2D eigenvalue weighted by atomic mass is 10.3.